The van der Waals surface area contributed by atoms with Gasteiger partial charge in [0.15, 0.2) is 0 Å². The first-order valence-electron chi connectivity index (χ1n) is 7.52. The van der Waals surface area contributed by atoms with Crippen LogP contribution in [-0.4, -0.2) is 14.8 Å². The molecular formula is C16H21N3S. The van der Waals surface area contributed by atoms with E-state index in [-0.39, 0.29) is 5.41 Å². The zero-order chi connectivity index (χ0) is 14.0. The van der Waals surface area contributed by atoms with E-state index in [1.807, 2.05) is 11.3 Å². The molecule has 0 spiro atoms. The van der Waals surface area contributed by atoms with Crippen molar-refractivity contribution >= 4 is 11.3 Å². The molecule has 2 aliphatic carbocycles. The van der Waals surface area contributed by atoms with E-state index in [1.165, 1.54) is 36.4 Å². The number of hydrogen-bond acceptors (Lipinski definition) is 3. The molecule has 4 heteroatoms. The average molecular weight is 287 g/mol. The molecule has 0 radical (unpaired) electrons. The molecule has 106 valence electrons. The Morgan fingerprint density at radius 1 is 1.30 bits per heavy atom. The summed E-state index contributed by atoms with van der Waals surface area (Å²) in [5.41, 5.74) is 0.243. The number of aromatic nitrogens is 3. The van der Waals surface area contributed by atoms with Crippen LogP contribution in [0.3, 0.4) is 0 Å². The minimum Gasteiger partial charge on any atom is -0.311 e. The molecule has 0 N–H and O–H groups in total. The molecule has 0 bridgehead atoms. The zero-order valence-electron chi connectivity index (χ0n) is 12.4. The molecule has 0 saturated heterocycles. The Morgan fingerprint density at radius 2 is 2.05 bits per heavy atom. The first-order valence-corrected chi connectivity index (χ1v) is 8.40. The van der Waals surface area contributed by atoms with E-state index in [0.29, 0.717) is 11.5 Å². The Morgan fingerprint density at radius 3 is 2.60 bits per heavy atom. The van der Waals surface area contributed by atoms with Crippen LogP contribution in [0.25, 0.3) is 0 Å². The lowest BCUT2D eigenvalue weighted by atomic mass is 9.90. The van der Waals surface area contributed by atoms with Crippen molar-refractivity contribution in [2.24, 2.45) is 0 Å². The summed E-state index contributed by atoms with van der Waals surface area (Å²) in [5.74, 6) is 2.39. The maximum absolute atomic E-state index is 4.63. The normalized spacial score (nSPS) is 21.1. The van der Waals surface area contributed by atoms with Crippen LogP contribution in [0.15, 0.2) is 17.5 Å². The highest BCUT2D eigenvalue weighted by atomic mass is 32.1. The van der Waals surface area contributed by atoms with Gasteiger partial charge in [-0.2, -0.15) is 0 Å². The van der Waals surface area contributed by atoms with Gasteiger partial charge < -0.3 is 4.57 Å². The minimum atomic E-state index is -0.0484. The lowest BCUT2D eigenvalue weighted by molar-refractivity contribution is 0.519. The molecule has 0 atom stereocenters. The molecule has 2 heterocycles. The molecule has 2 aromatic rings. The first kappa shape index (κ1) is 12.6. The zero-order valence-corrected chi connectivity index (χ0v) is 13.2. The second kappa shape index (κ2) is 3.94. The summed E-state index contributed by atoms with van der Waals surface area (Å²) in [6, 6.07) is 4.99. The van der Waals surface area contributed by atoms with E-state index in [9.17, 15) is 0 Å². The number of thiophene rings is 1. The molecule has 0 aromatic carbocycles. The fourth-order valence-corrected chi connectivity index (χ4v) is 3.81. The monoisotopic (exact) mass is 287 g/mol. The van der Waals surface area contributed by atoms with Gasteiger partial charge in [-0.15, -0.1) is 21.5 Å². The standard InChI is InChI=1S/C16H21N3S/c1-15(2,12-5-4-10-20-12)13-17-18-14(16(3)8-9-16)19(13)11-6-7-11/h4-5,10-11H,6-9H2,1-3H3. The molecular weight excluding hydrogens is 266 g/mol. The van der Waals surface area contributed by atoms with E-state index in [1.54, 1.807) is 0 Å². The smallest absolute Gasteiger partial charge is 0.144 e. The Balaban J connectivity index is 1.84. The fraction of sp³-hybridized carbons (Fsp3) is 0.625. The lowest BCUT2D eigenvalue weighted by Crippen LogP contribution is -2.24. The molecule has 2 aromatic heterocycles. The van der Waals surface area contributed by atoms with Crippen LogP contribution in [0.2, 0.25) is 0 Å². The van der Waals surface area contributed by atoms with Gasteiger partial charge in [0.2, 0.25) is 0 Å². The molecule has 2 saturated carbocycles. The van der Waals surface area contributed by atoms with E-state index in [4.69, 9.17) is 0 Å². The summed E-state index contributed by atoms with van der Waals surface area (Å²) in [7, 11) is 0. The summed E-state index contributed by atoms with van der Waals surface area (Å²) >= 11 is 1.82. The van der Waals surface area contributed by atoms with Gasteiger partial charge in [0.25, 0.3) is 0 Å². The van der Waals surface area contributed by atoms with Crippen LogP contribution in [-0.2, 0) is 10.8 Å². The van der Waals surface area contributed by atoms with E-state index < -0.39 is 0 Å². The van der Waals surface area contributed by atoms with E-state index in [0.717, 1.165) is 5.82 Å². The van der Waals surface area contributed by atoms with Gasteiger partial charge in [-0.3, -0.25) is 0 Å². The molecule has 4 rings (SSSR count). The number of hydrogen-bond donors (Lipinski definition) is 0. The van der Waals surface area contributed by atoms with Gasteiger partial charge in [0.05, 0.1) is 5.41 Å². The van der Waals surface area contributed by atoms with Gasteiger partial charge in [0.1, 0.15) is 11.6 Å². The van der Waals surface area contributed by atoms with Crippen LogP contribution >= 0.6 is 11.3 Å². The van der Waals surface area contributed by atoms with Gasteiger partial charge in [-0.1, -0.05) is 13.0 Å². The molecule has 20 heavy (non-hydrogen) atoms. The third kappa shape index (κ3) is 1.77. The van der Waals surface area contributed by atoms with Gasteiger partial charge in [-0.05, 0) is 51.0 Å². The first-order chi connectivity index (χ1) is 9.52. The van der Waals surface area contributed by atoms with Crippen molar-refractivity contribution in [1.29, 1.82) is 0 Å². The Kier molecular flexibility index (Phi) is 2.48. The predicted molar refractivity (Wildman–Crippen MR) is 81.3 cm³/mol. The maximum atomic E-state index is 4.63. The molecule has 2 aliphatic rings. The Labute approximate surface area is 124 Å². The largest absolute Gasteiger partial charge is 0.311 e. The van der Waals surface area contributed by atoms with Crippen LogP contribution in [0.5, 0.6) is 0 Å². The summed E-state index contributed by atoms with van der Waals surface area (Å²) in [6.45, 7) is 6.89. The predicted octanol–water partition coefficient (Wildman–Crippen LogP) is 4.05. The quantitative estimate of drug-likeness (QED) is 0.849. The SMILES string of the molecule is CC1(c2nnc(C(C)(C)c3cccs3)n2C2CC2)CC1. The molecule has 3 nitrogen and oxygen atoms in total. The number of rotatable bonds is 4. The van der Waals surface area contributed by atoms with Gasteiger partial charge in [0, 0.05) is 16.3 Å². The summed E-state index contributed by atoms with van der Waals surface area (Å²) in [5, 5.41) is 11.4. The Bertz CT molecular complexity index is 631. The van der Waals surface area contributed by atoms with Crippen molar-refractivity contribution in [1.82, 2.24) is 14.8 Å². The maximum Gasteiger partial charge on any atom is 0.144 e. The topological polar surface area (TPSA) is 30.7 Å². The number of nitrogens with zero attached hydrogens (tertiary/aromatic N) is 3. The Hall–Kier alpha value is -1.16. The molecule has 2 fully saturated rings. The lowest BCUT2D eigenvalue weighted by Gasteiger charge is -2.24. The average Bonchev–Trinajstić information content (AvgIpc) is 3.27. The van der Waals surface area contributed by atoms with Crippen molar-refractivity contribution in [2.75, 3.05) is 0 Å². The van der Waals surface area contributed by atoms with Crippen molar-refractivity contribution in [3.8, 4) is 0 Å². The van der Waals surface area contributed by atoms with Crippen molar-refractivity contribution in [2.45, 2.75) is 63.3 Å². The van der Waals surface area contributed by atoms with Gasteiger partial charge >= 0.3 is 0 Å². The molecule has 0 amide bonds. The summed E-state index contributed by atoms with van der Waals surface area (Å²) < 4.78 is 2.48. The highest BCUT2D eigenvalue weighted by Gasteiger charge is 2.47. The highest BCUT2D eigenvalue weighted by molar-refractivity contribution is 7.10. The molecule has 0 aliphatic heterocycles. The summed E-state index contributed by atoms with van der Waals surface area (Å²) in [4.78, 5) is 1.37. The third-order valence-corrected chi connectivity index (χ3v) is 6.04. The van der Waals surface area contributed by atoms with Gasteiger partial charge in [-0.25, -0.2) is 0 Å². The van der Waals surface area contributed by atoms with Crippen LogP contribution in [0, 0.1) is 0 Å². The van der Waals surface area contributed by atoms with E-state index >= 15 is 0 Å². The highest BCUT2D eigenvalue weighted by Crippen LogP contribution is 2.51. The van der Waals surface area contributed by atoms with Crippen molar-refractivity contribution in [3.63, 3.8) is 0 Å². The van der Waals surface area contributed by atoms with Crippen molar-refractivity contribution < 1.29 is 0 Å². The van der Waals surface area contributed by atoms with E-state index in [2.05, 4.69) is 53.0 Å². The second-order valence-electron chi connectivity index (χ2n) is 7.11. The third-order valence-electron chi connectivity index (χ3n) is 4.84. The molecule has 0 unspecified atom stereocenters. The fourth-order valence-electron chi connectivity index (χ4n) is 2.96. The van der Waals surface area contributed by atoms with Crippen LogP contribution < -0.4 is 0 Å². The minimum absolute atomic E-state index is 0.0484. The summed E-state index contributed by atoms with van der Waals surface area (Å²) in [6.07, 6.45) is 5.10. The second-order valence-corrected chi connectivity index (χ2v) is 8.06. The van der Waals surface area contributed by atoms with Crippen LogP contribution in [0.1, 0.15) is 69.0 Å². The van der Waals surface area contributed by atoms with Crippen molar-refractivity contribution in [3.05, 3.63) is 34.0 Å². The van der Waals surface area contributed by atoms with Crippen LogP contribution in [0.4, 0.5) is 0 Å².